The van der Waals surface area contributed by atoms with E-state index in [0.29, 0.717) is 0 Å². The SMILES string of the molecule is CC1CCCCN1N(C)C(=O)Nc1cc(Oc2ccc(NC(=S)NC(=O)Cc3ccccc3F)cc2F)ncn1. The zero-order valence-electron chi connectivity index (χ0n) is 22.0. The number of amides is 3. The number of thiocarbonyl (C=S) groups is 1. The average Bonchev–Trinajstić information content (AvgIpc) is 2.91. The van der Waals surface area contributed by atoms with Gasteiger partial charge in [-0.1, -0.05) is 24.6 Å². The number of nitrogens with one attached hydrogen (secondary N) is 3. The molecular formula is C27H29F2N7O3S. The fourth-order valence-corrected chi connectivity index (χ4v) is 4.45. The van der Waals surface area contributed by atoms with Gasteiger partial charge < -0.3 is 15.4 Å². The van der Waals surface area contributed by atoms with Crippen molar-refractivity contribution in [2.75, 3.05) is 24.2 Å². The molecule has 1 saturated heterocycles. The highest BCUT2D eigenvalue weighted by Gasteiger charge is 2.25. The van der Waals surface area contributed by atoms with Crippen molar-refractivity contribution in [3.8, 4) is 11.6 Å². The second kappa shape index (κ2) is 13.2. The lowest BCUT2D eigenvalue weighted by atomic mass is 10.1. The van der Waals surface area contributed by atoms with Crippen LogP contribution in [0.25, 0.3) is 0 Å². The smallest absolute Gasteiger partial charge is 0.337 e. The Hall–Kier alpha value is -4.23. The molecule has 10 nitrogen and oxygen atoms in total. The molecular weight excluding hydrogens is 540 g/mol. The molecule has 1 unspecified atom stereocenters. The molecule has 0 aliphatic carbocycles. The highest BCUT2D eigenvalue weighted by atomic mass is 32.1. The van der Waals surface area contributed by atoms with Crippen molar-refractivity contribution in [2.24, 2.45) is 0 Å². The van der Waals surface area contributed by atoms with Crippen molar-refractivity contribution >= 4 is 40.8 Å². The number of benzene rings is 2. The van der Waals surface area contributed by atoms with Crippen LogP contribution in [0.3, 0.4) is 0 Å². The normalized spacial score (nSPS) is 15.2. The first-order chi connectivity index (χ1) is 19.2. The Morgan fingerprint density at radius 1 is 1.10 bits per heavy atom. The first-order valence-electron chi connectivity index (χ1n) is 12.6. The van der Waals surface area contributed by atoms with E-state index in [1.807, 2.05) is 5.01 Å². The molecule has 3 amide bonds. The van der Waals surface area contributed by atoms with Gasteiger partial charge >= 0.3 is 6.03 Å². The number of ether oxygens (including phenoxy) is 1. The number of hydrazine groups is 1. The molecule has 3 N–H and O–H groups in total. The van der Waals surface area contributed by atoms with Crippen molar-refractivity contribution < 1.29 is 23.1 Å². The Labute approximate surface area is 235 Å². The van der Waals surface area contributed by atoms with Crippen LogP contribution in [0.4, 0.5) is 25.1 Å². The number of aromatic nitrogens is 2. The van der Waals surface area contributed by atoms with Crippen LogP contribution in [0.1, 0.15) is 31.7 Å². The number of halogens is 2. The topological polar surface area (TPSA) is 112 Å². The lowest BCUT2D eigenvalue weighted by Gasteiger charge is -2.39. The summed E-state index contributed by atoms with van der Waals surface area (Å²) in [6.07, 6.45) is 4.16. The highest BCUT2D eigenvalue weighted by Crippen LogP contribution is 2.26. The van der Waals surface area contributed by atoms with E-state index in [1.54, 1.807) is 13.1 Å². The molecule has 0 radical (unpaired) electrons. The summed E-state index contributed by atoms with van der Waals surface area (Å²) in [6, 6.07) is 11.2. The van der Waals surface area contributed by atoms with Crippen molar-refractivity contribution in [1.82, 2.24) is 25.3 Å². The second-order valence-corrected chi connectivity index (χ2v) is 9.63. The molecule has 0 saturated carbocycles. The van der Waals surface area contributed by atoms with Crippen LogP contribution < -0.4 is 20.7 Å². The van der Waals surface area contributed by atoms with Crippen molar-refractivity contribution in [2.45, 2.75) is 38.6 Å². The van der Waals surface area contributed by atoms with Gasteiger partial charge in [0.15, 0.2) is 16.7 Å². The zero-order valence-corrected chi connectivity index (χ0v) is 22.8. The molecule has 210 valence electrons. The quantitative estimate of drug-likeness (QED) is 0.346. The summed E-state index contributed by atoms with van der Waals surface area (Å²) in [5.74, 6) is -1.65. The monoisotopic (exact) mass is 569 g/mol. The Balaban J connectivity index is 1.32. The van der Waals surface area contributed by atoms with E-state index in [0.717, 1.165) is 31.9 Å². The summed E-state index contributed by atoms with van der Waals surface area (Å²) in [5, 5.41) is 11.3. The number of carbonyl (C=O) groups is 2. The lowest BCUT2D eigenvalue weighted by Crippen LogP contribution is -2.52. The first kappa shape index (κ1) is 28.8. The fraction of sp³-hybridized carbons (Fsp3) is 0.296. The predicted molar refractivity (Wildman–Crippen MR) is 150 cm³/mol. The molecule has 1 atom stereocenters. The summed E-state index contributed by atoms with van der Waals surface area (Å²) in [7, 11) is 1.70. The van der Waals surface area contributed by atoms with Crippen molar-refractivity contribution in [3.63, 3.8) is 0 Å². The van der Waals surface area contributed by atoms with Gasteiger partial charge in [-0.25, -0.2) is 28.6 Å². The number of anilines is 2. The van der Waals surface area contributed by atoms with Crippen LogP contribution in [-0.2, 0) is 11.2 Å². The minimum Gasteiger partial charge on any atom is -0.436 e. The third kappa shape index (κ3) is 7.67. The van der Waals surface area contributed by atoms with E-state index in [4.69, 9.17) is 17.0 Å². The summed E-state index contributed by atoms with van der Waals surface area (Å²) >= 11 is 5.11. The Morgan fingerprint density at radius 3 is 2.65 bits per heavy atom. The minimum absolute atomic E-state index is 0.0230. The molecule has 2 aromatic carbocycles. The Kier molecular flexibility index (Phi) is 9.51. The first-order valence-corrected chi connectivity index (χ1v) is 13.1. The molecule has 0 spiro atoms. The van der Waals surface area contributed by atoms with Gasteiger partial charge in [-0.3, -0.25) is 15.1 Å². The molecule has 40 heavy (non-hydrogen) atoms. The van der Waals surface area contributed by atoms with E-state index in [2.05, 4.69) is 32.8 Å². The van der Waals surface area contributed by atoms with Crippen LogP contribution in [-0.4, -0.2) is 56.7 Å². The summed E-state index contributed by atoms with van der Waals surface area (Å²) in [6.45, 7) is 2.87. The standard InChI is InChI=1S/C27H29F2N7O3S/c1-17-7-5-6-12-36(17)35(2)27(38)33-23-15-25(31-16-30-23)39-22-11-10-19(14-21(22)29)32-26(40)34-24(37)13-18-8-3-4-9-20(18)28/h3-4,8-11,14-17H,5-7,12-13H2,1-2H3,(H,30,31,33,38)(H2,32,34,37,40). The molecule has 0 bridgehead atoms. The number of hydrogen-bond acceptors (Lipinski definition) is 7. The lowest BCUT2D eigenvalue weighted by molar-refractivity contribution is -0.119. The van der Waals surface area contributed by atoms with Gasteiger partial charge in [0, 0.05) is 37.5 Å². The van der Waals surface area contributed by atoms with Crippen LogP contribution >= 0.6 is 12.2 Å². The maximum absolute atomic E-state index is 14.8. The second-order valence-electron chi connectivity index (χ2n) is 9.22. The van der Waals surface area contributed by atoms with Crippen molar-refractivity contribution in [3.05, 3.63) is 72.1 Å². The maximum atomic E-state index is 14.8. The number of hydrogen-bond donors (Lipinski definition) is 3. The summed E-state index contributed by atoms with van der Waals surface area (Å²) < 4.78 is 34.1. The number of rotatable bonds is 7. The molecule has 1 aromatic heterocycles. The van der Waals surface area contributed by atoms with E-state index >= 15 is 0 Å². The summed E-state index contributed by atoms with van der Waals surface area (Å²) in [5.41, 5.74) is 0.484. The number of carbonyl (C=O) groups excluding carboxylic acids is 2. The molecule has 1 aliphatic rings. The third-order valence-corrected chi connectivity index (χ3v) is 6.49. The van der Waals surface area contributed by atoms with E-state index in [-0.39, 0.29) is 52.3 Å². The number of urea groups is 1. The molecule has 13 heteroatoms. The van der Waals surface area contributed by atoms with Gasteiger partial charge in [-0.2, -0.15) is 0 Å². The van der Waals surface area contributed by atoms with Gasteiger partial charge in [0.1, 0.15) is 18.0 Å². The van der Waals surface area contributed by atoms with Crippen LogP contribution in [0.2, 0.25) is 0 Å². The Morgan fingerprint density at radius 2 is 1.90 bits per heavy atom. The fourth-order valence-electron chi connectivity index (χ4n) is 4.22. The van der Waals surface area contributed by atoms with Gasteiger partial charge in [-0.15, -0.1) is 0 Å². The van der Waals surface area contributed by atoms with Crippen LogP contribution in [0.15, 0.2) is 54.9 Å². The van der Waals surface area contributed by atoms with Gasteiger partial charge in [0.2, 0.25) is 11.8 Å². The van der Waals surface area contributed by atoms with E-state index in [9.17, 15) is 18.4 Å². The van der Waals surface area contributed by atoms with E-state index in [1.165, 1.54) is 47.7 Å². The van der Waals surface area contributed by atoms with E-state index < -0.39 is 17.5 Å². The maximum Gasteiger partial charge on any atom is 0.337 e. The summed E-state index contributed by atoms with van der Waals surface area (Å²) in [4.78, 5) is 32.9. The minimum atomic E-state index is -0.728. The largest absolute Gasteiger partial charge is 0.436 e. The molecule has 1 fully saturated rings. The van der Waals surface area contributed by atoms with Crippen molar-refractivity contribution in [1.29, 1.82) is 0 Å². The van der Waals surface area contributed by atoms with Gasteiger partial charge in [0.25, 0.3) is 0 Å². The zero-order chi connectivity index (χ0) is 28.6. The molecule has 4 rings (SSSR count). The highest BCUT2D eigenvalue weighted by molar-refractivity contribution is 7.80. The van der Waals surface area contributed by atoms with Crippen LogP contribution in [0, 0.1) is 11.6 Å². The number of piperidine rings is 1. The third-order valence-electron chi connectivity index (χ3n) is 6.29. The van der Waals surface area contributed by atoms with Crippen LogP contribution in [0.5, 0.6) is 11.6 Å². The number of nitrogens with zero attached hydrogens (tertiary/aromatic N) is 4. The van der Waals surface area contributed by atoms with Gasteiger partial charge in [0.05, 0.1) is 6.42 Å². The van der Waals surface area contributed by atoms with Gasteiger partial charge in [-0.05, 0) is 55.7 Å². The Bertz CT molecular complexity index is 1390. The molecule has 1 aliphatic heterocycles. The molecule has 2 heterocycles. The predicted octanol–water partition coefficient (Wildman–Crippen LogP) is 4.86. The average molecular weight is 570 g/mol. The molecule has 3 aromatic rings.